The van der Waals surface area contributed by atoms with Crippen molar-refractivity contribution in [3.05, 3.63) is 60.2 Å². The van der Waals surface area contributed by atoms with Crippen LogP contribution in [0, 0.1) is 0 Å². The van der Waals surface area contributed by atoms with Crippen LogP contribution in [0.25, 0.3) is 11.1 Å². The number of aliphatic hydroxyl groups is 1. The summed E-state index contributed by atoms with van der Waals surface area (Å²) in [5.74, 6) is -2.26. The summed E-state index contributed by atoms with van der Waals surface area (Å²) in [6, 6.07) is 17.1. The van der Waals surface area contributed by atoms with Gasteiger partial charge in [-0.1, -0.05) is 54.6 Å². The van der Waals surface area contributed by atoms with Crippen molar-refractivity contribution in [1.29, 1.82) is 0 Å². The molecule has 0 aliphatic carbocycles. The lowest BCUT2D eigenvalue weighted by Crippen LogP contribution is -2.41. The molecule has 2 aromatic carbocycles. The molecule has 2 atom stereocenters. The number of carboxylic acid groups (broad SMARTS) is 1. The Balaban J connectivity index is 2.07. The Morgan fingerprint density at radius 1 is 0.967 bits per heavy atom. The number of ether oxygens (including phenoxy) is 1. The van der Waals surface area contributed by atoms with Crippen LogP contribution < -0.4 is 5.32 Å². The van der Waals surface area contributed by atoms with E-state index in [0.717, 1.165) is 16.7 Å². The number of aliphatic hydroxyl groups excluding tert-OH is 1. The number of carbonyl (C=O) groups excluding carboxylic acids is 2. The number of carbonyl (C=O) groups is 3. The van der Waals surface area contributed by atoms with Crippen LogP contribution in [-0.4, -0.2) is 46.8 Å². The minimum absolute atomic E-state index is 0.0297. The molecule has 2 rings (SSSR count). The second-order valence-electron chi connectivity index (χ2n) is 6.93. The lowest BCUT2D eigenvalue weighted by molar-refractivity contribution is -0.153. The van der Waals surface area contributed by atoms with Gasteiger partial charge in [0, 0.05) is 18.9 Å². The molecule has 0 aliphatic rings. The zero-order valence-corrected chi connectivity index (χ0v) is 16.9. The van der Waals surface area contributed by atoms with E-state index in [2.05, 4.69) is 5.32 Å². The smallest absolute Gasteiger partial charge is 0.335 e. The van der Waals surface area contributed by atoms with E-state index in [-0.39, 0.29) is 25.9 Å². The van der Waals surface area contributed by atoms with Gasteiger partial charge in [0.05, 0.1) is 13.0 Å². The van der Waals surface area contributed by atoms with Crippen molar-refractivity contribution in [3.8, 4) is 11.1 Å². The van der Waals surface area contributed by atoms with Crippen molar-refractivity contribution in [1.82, 2.24) is 5.32 Å². The molecule has 0 saturated heterocycles. The first-order chi connectivity index (χ1) is 14.4. The van der Waals surface area contributed by atoms with Crippen molar-refractivity contribution >= 4 is 17.8 Å². The predicted molar refractivity (Wildman–Crippen MR) is 112 cm³/mol. The molecule has 0 heterocycles. The van der Waals surface area contributed by atoms with Gasteiger partial charge in [0.25, 0.3) is 0 Å². The van der Waals surface area contributed by atoms with Crippen molar-refractivity contribution in [2.75, 3.05) is 6.61 Å². The summed E-state index contributed by atoms with van der Waals surface area (Å²) in [6.07, 6.45) is -1.49. The Hall–Kier alpha value is -3.19. The highest BCUT2D eigenvalue weighted by molar-refractivity contribution is 5.81. The van der Waals surface area contributed by atoms with E-state index in [1.165, 1.54) is 0 Å². The molecule has 2 aromatic rings. The summed E-state index contributed by atoms with van der Waals surface area (Å²) in [5.41, 5.74) is 3.04. The van der Waals surface area contributed by atoms with Crippen molar-refractivity contribution in [3.63, 3.8) is 0 Å². The minimum atomic E-state index is -1.38. The molecule has 7 heteroatoms. The number of amides is 1. The average Bonchev–Trinajstić information content (AvgIpc) is 2.73. The van der Waals surface area contributed by atoms with Gasteiger partial charge in [0.2, 0.25) is 5.91 Å². The van der Waals surface area contributed by atoms with Gasteiger partial charge in [-0.15, -0.1) is 0 Å². The highest BCUT2D eigenvalue weighted by Crippen LogP contribution is 2.20. The van der Waals surface area contributed by atoms with Crippen LogP contribution in [0.15, 0.2) is 54.6 Å². The number of hydrogen-bond donors (Lipinski definition) is 3. The molecular weight excluding hydrogens is 386 g/mol. The number of hydrogen-bond acceptors (Lipinski definition) is 5. The summed E-state index contributed by atoms with van der Waals surface area (Å²) in [6.45, 7) is 1.79. The van der Waals surface area contributed by atoms with Gasteiger partial charge in [0.15, 0.2) is 6.10 Å². The first kappa shape index (κ1) is 23.1. The van der Waals surface area contributed by atoms with Crippen molar-refractivity contribution in [2.24, 2.45) is 0 Å². The highest BCUT2D eigenvalue weighted by atomic mass is 16.5. The van der Waals surface area contributed by atoms with Gasteiger partial charge in [-0.3, -0.25) is 9.59 Å². The average molecular weight is 413 g/mol. The summed E-state index contributed by atoms with van der Waals surface area (Å²) >= 11 is 0. The minimum Gasteiger partial charge on any atom is -0.481 e. The lowest BCUT2D eigenvalue weighted by atomic mass is 9.97. The standard InChI is InChI=1S/C23H27NO6/c1-2-30-23(29)20(25)15-19(24-21(26)12-13-22(27)28)14-16-8-10-18(11-9-16)17-6-4-3-5-7-17/h3-11,19-20,25H,2,12-15H2,1H3,(H,24,26)(H,27,28)/t19?,20-/m1/s1. The van der Waals surface area contributed by atoms with E-state index in [0.29, 0.717) is 6.42 Å². The van der Waals surface area contributed by atoms with Gasteiger partial charge in [-0.2, -0.15) is 0 Å². The third kappa shape index (κ3) is 7.67. The molecule has 0 aromatic heterocycles. The topological polar surface area (TPSA) is 113 Å². The molecule has 0 fully saturated rings. The van der Waals surface area contributed by atoms with E-state index in [1.807, 2.05) is 54.6 Å². The molecule has 30 heavy (non-hydrogen) atoms. The van der Waals surface area contributed by atoms with Crippen LogP contribution >= 0.6 is 0 Å². The highest BCUT2D eigenvalue weighted by Gasteiger charge is 2.23. The van der Waals surface area contributed by atoms with Gasteiger partial charge < -0.3 is 20.3 Å². The fourth-order valence-electron chi connectivity index (χ4n) is 3.07. The number of carboxylic acids is 1. The molecule has 1 unspecified atom stereocenters. The SMILES string of the molecule is CCOC(=O)[C@H](O)CC(Cc1ccc(-c2ccccc2)cc1)NC(=O)CCC(=O)O. The summed E-state index contributed by atoms with van der Waals surface area (Å²) < 4.78 is 4.82. The second-order valence-corrected chi connectivity index (χ2v) is 6.93. The van der Waals surface area contributed by atoms with Crippen LogP contribution in [0.2, 0.25) is 0 Å². The Labute approximate surface area is 175 Å². The molecule has 0 aliphatic heterocycles. The normalized spacial score (nSPS) is 12.6. The maximum absolute atomic E-state index is 12.1. The largest absolute Gasteiger partial charge is 0.481 e. The Morgan fingerprint density at radius 2 is 1.60 bits per heavy atom. The van der Waals surface area contributed by atoms with Crippen molar-refractivity contribution in [2.45, 2.75) is 44.8 Å². The Morgan fingerprint density at radius 3 is 2.20 bits per heavy atom. The molecule has 7 nitrogen and oxygen atoms in total. The monoisotopic (exact) mass is 413 g/mol. The van der Waals surface area contributed by atoms with Crippen LogP contribution in [0.4, 0.5) is 0 Å². The number of esters is 1. The molecule has 3 N–H and O–H groups in total. The predicted octanol–water partition coefficient (Wildman–Crippen LogP) is 2.56. The zero-order valence-electron chi connectivity index (χ0n) is 16.9. The number of rotatable bonds is 11. The van der Waals surface area contributed by atoms with Crippen LogP contribution in [-0.2, 0) is 25.5 Å². The maximum Gasteiger partial charge on any atom is 0.335 e. The second kappa shape index (κ2) is 11.7. The summed E-state index contributed by atoms with van der Waals surface area (Å²) in [5, 5.41) is 21.6. The van der Waals surface area contributed by atoms with Crippen molar-refractivity contribution < 1.29 is 29.3 Å². The summed E-state index contributed by atoms with van der Waals surface area (Å²) in [7, 11) is 0. The van der Waals surface area contributed by atoms with Crippen LogP contribution in [0.1, 0.15) is 31.7 Å². The fraction of sp³-hybridized carbons (Fsp3) is 0.348. The van der Waals surface area contributed by atoms with Crippen LogP contribution in [0.3, 0.4) is 0 Å². The van der Waals surface area contributed by atoms with E-state index in [4.69, 9.17) is 9.84 Å². The number of aliphatic carboxylic acids is 1. The van der Waals surface area contributed by atoms with E-state index >= 15 is 0 Å². The molecule has 0 spiro atoms. The lowest BCUT2D eigenvalue weighted by Gasteiger charge is -2.21. The van der Waals surface area contributed by atoms with Gasteiger partial charge in [0.1, 0.15) is 0 Å². The third-order valence-corrected chi connectivity index (χ3v) is 4.54. The first-order valence-electron chi connectivity index (χ1n) is 9.89. The first-order valence-corrected chi connectivity index (χ1v) is 9.89. The number of benzene rings is 2. The number of nitrogens with one attached hydrogen (secondary N) is 1. The Bertz CT molecular complexity index is 835. The third-order valence-electron chi connectivity index (χ3n) is 4.54. The molecule has 0 saturated carbocycles. The zero-order chi connectivity index (χ0) is 21.9. The molecule has 0 bridgehead atoms. The summed E-state index contributed by atoms with van der Waals surface area (Å²) in [4.78, 5) is 34.5. The van der Waals surface area contributed by atoms with Gasteiger partial charge in [-0.25, -0.2) is 4.79 Å². The maximum atomic E-state index is 12.1. The van der Waals surface area contributed by atoms with E-state index in [9.17, 15) is 19.5 Å². The molecule has 160 valence electrons. The Kier molecular flexibility index (Phi) is 9.03. The van der Waals surface area contributed by atoms with E-state index in [1.54, 1.807) is 6.92 Å². The van der Waals surface area contributed by atoms with Crippen LogP contribution in [0.5, 0.6) is 0 Å². The van der Waals surface area contributed by atoms with Gasteiger partial charge in [-0.05, 0) is 30.0 Å². The van der Waals surface area contributed by atoms with Gasteiger partial charge >= 0.3 is 11.9 Å². The quantitative estimate of drug-likeness (QED) is 0.488. The molecule has 1 amide bonds. The fourth-order valence-corrected chi connectivity index (χ4v) is 3.07. The van der Waals surface area contributed by atoms with E-state index < -0.39 is 30.0 Å². The molecule has 0 radical (unpaired) electrons. The molecular formula is C23H27NO6.